The Labute approximate surface area is 139 Å². The van der Waals surface area contributed by atoms with Crippen LogP contribution in [0.5, 0.6) is 11.5 Å². The second-order valence-corrected chi connectivity index (χ2v) is 5.93. The number of hydrogen-bond acceptors (Lipinski definition) is 4. The SMILES string of the molecule is CCCNC(=O)C1CCN(CCOc2ccc(OC)cc2)CC1. The molecule has 1 saturated heterocycles. The van der Waals surface area contributed by atoms with E-state index in [1.165, 1.54) is 0 Å². The van der Waals surface area contributed by atoms with E-state index in [9.17, 15) is 4.79 Å². The lowest BCUT2D eigenvalue weighted by Gasteiger charge is -2.31. The zero-order valence-corrected chi connectivity index (χ0v) is 14.2. The second-order valence-electron chi connectivity index (χ2n) is 5.93. The number of methoxy groups -OCH3 is 1. The predicted octanol–water partition coefficient (Wildman–Crippen LogP) is 2.31. The van der Waals surface area contributed by atoms with Crippen LogP contribution in [-0.2, 0) is 4.79 Å². The van der Waals surface area contributed by atoms with Crippen molar-refractivity contribution in [2.45, 2.75) is 26.2 Å². The fourth-order valence-corrected chi connectivity index (χ4v) is 2.78. The van der Waals surface area contributed by atoms with Gasteiger partial charge in [-0.05, 0) is 56.6 Å². The minimum absolute atomic E-state index is 0.181. The molecule has 0 bridgehead atoms. The van der Waals surface area contributed by atoms with Crippen molar-refractivity contribution in [2.24, 2.45) is 5.92 Å². The van der Waals surface area contributed by atoms with Crippen LogP contribution in [0.25, 0.3) is 0 Å². The highest BCUT2D eigenvalue weighted by Crippen LogP contribution is 2.19. The summed E-state index contributed by atoms with van der Waals surface area (Å²) in [7, 11) is 1.65. The molecule has 1 aromatic rings. The van der Waals surface area contributed by atoms with Crippen molar-refractivity contribution in [1.82, 2.24) is 10.2 Å². The van der Waals surface area contributed by atoms with Gasteiger partial charge in [0.1, 0.15) is 18.1 Å². The fraction of sp³-hybridized carbons (Fsp3) is 0.611. The number of ether oxygens (including phenoxy) is 2. The molecular formula is C18H28N2O3. The third-order valence-corrected chi connectivity index (χ3v) is 4.24. The molecule has 5 nitrogen and oxygen atoms in total. The molecule has 0 unspecified atom stereocenters. The van der Waals surface area contributed by atoms with Gasteiger partial charge >= 0.3 is 0 Å². The van der Waals surface area contributed by atoms with E-state index in [1.54, 1.807) is 7.11 Å². The summed E-state index contributed by atoms with van der Waals surface area (Å²) in [6.45, 7) is 6.36. The molecule has 1 fully saturated rings. The Bertz CT molecular complexity index is 468. The Balaban J connectivity index is 1.63. The van der Waals surface area contributed by atoms with Crippen LogP contribution < -0.4 is 14.8 Å². The maximum atomic E-state index is 12.0. The molecule has 128 valence electrons. The van der Waals surface area contributed by atoms with Crippen molar-refractivity contribution in [3.63, 3.8) is 0 Å². The van der Waals surface area contributed by atoms with Crippen molar-refractivity contribution >= 4 is 5.91 Å². The van der Waals surface area contributed by atoms with Crippen LogP contribution in [0, 0.1) is 5.92 Å². The molecule has 5 heteroatoms. The molecule has 1 aliphatic rings. The monoisotopic (exact) mass is 320 g/mol. The molecule has 0 aliphatic carbocycles. The third-order valence-electron chi connectivity index (χ3n) is 4.24. The number of benzene rings is 1. The largest absolute Gasteiger partial charge is 0.497 e. The van der Waals surface area contributed by atoms with Crippen molar-refractivity contribution in [1.29, 1.82) is 0 Å². The number of likely N-dealkylation sites (tertiary alicyclic amines) is 1. The van der Waals surface area contributed by atoms with Gasteiger partial charge in [0.05, 0.1) is 7.11 Å². The van der Waals surface area contributed by atoms with Gasteiger partial charge in [-0.25, -0.2) is 0 Å². The van der Waals surface area contributed by atoms with Crippen LogP contribution >= 0.6 is 0 Å². The Morgan fingerprint density at radius 2 is 1.87 bits per heavy atom. The van der Waals surface area contributed by atoms with E-state index in [-0.39, 0.29) is 11.8 Å². The lowest BCUT2D eigenvalue weighted by atomic mass is 9.96. The Morgan fingerprint density at radius 3 is 2.48 bits per heavy atom. The first-order valence-corrected chi connectivity index (χ1v) is 8.50. The van der Waals surface area contributed by atoms with Gasteiger partial charge in [-0.1, -0.05) is 6.92 Å². The molecule has 23 heavy (non-hydrogen) atoms. The molecule has 0 saturated carbocycles. The van der Waals surface area contributed by atoms with E-state index < -0.39 is 0 Å². The summed E-state index contributed by atoms with van der Waals surface area (Å²) in [6.07, 6.45) is 2.88. The third kappa shape index (κ3) is 5.75. The zero-order chi connectivity index (χ0) is 16.5. The highest BCUT2D eigenvalue weighted by molar-refractivity contribution is 5.78. The van der Waals surface area contributed by atoms with Gasteiger partial charge in [0.15, 0.2) is 0 Å². The first-order chi connectivity index (χ1) is 11.2. The molecule has 1 heterocycles. The van der Waals surface area contributed by atoms with Gasteiger partial charge < -0.3 is 14.8 Å². The van der Waals surface area contributed by atoms with Crippen LogP contribution in [0.1, 0.15) is 26.2 Å². The second kappa shape index (κ2) is 9.40. The quantitative estimate of drug-likeness (QED) is 0.798. The molecule has 1 N–H and O–H groups in total. The van der Waals surface area contributed by atoms with E-state index >= 15 is 0 Å². The lowest BCUT2D eigenvalue weighted by molar-refractivity contribution is -0.126. The molecule has 1 aliphatic heterocycles. The lowest BCUT2D eigenvalue weighted by Crippen LogP contribution is -2.41. The predicted molar refractivity (Wildman–Crippen MR) is 91.0 cm³/mol. The van der Waals surface area contributed by atoms with Gasteiger partial charge in [0.2, 0.25) is 5.91 Å². The van der Waals surface area contributed by atoms with Crippen LogP contribution in [-0.4, -0.2) is 50.7 Å². The number of nitrogens with one attached hydrogen (secondary N) is 1. The molecule has 0 radical (unpaired) electrons. The Morgan fingerprint density at radius 1 is 1.22 bits per heavy atom. The van der Waals surface area contributed by atoms with E-state index in [1.807, 2.05) is 24.3 Å². The molecule has 0 aromatic heterocycles. The summed E-state index contributed by atoms with van der Waals surface area (Å²) in [5.74, 6) is 2.10. The normalized spacial score (nSPS) is 16.1. The molecule has 2 rings (SSSR count). The van der Waals surface area contributed by atoms with E-state index in [0.29, 0.717) is 6.61 Å². The summed E-state index contributed by atoms with van der Waals surface area (Å²) in [5, 5.41) is 3.00. The molecule has 1 amide bonds. The number of nitrogens with zero attached hydrogens (tertiary/aromatic N) is 1. The van der Waals surface area contributed by atoms with Gasteiger partial charge in [0.25, 0.3) is 0 Å². The topological polar surface area (TPSA) is 50.8 Å². The fourth-order valence-electron chi connectivity index (χ4n) is 2.78. The van der Waals surface area contributed by atoms with E-state index in [2.05, 4.69) is 17.1 Å². The summed E-state index contributed by atoms with van der Waals surface area (Å²) in [4.78, 5) is 14.3. The van der Waals surface area contributed by atoms with Crippen molar-refractivity contribution in [3.8, 4) is 11.5 Å². The zero-order valence-electron chi connectivity index (χ0n) is 14.2. The maximum Gasteiger partial charge on any atom is 0.223 e. The number of rotatable bonds is 8. The summed E-state index contributed by atoms with van der Waals surface area (Å²) in [6, 6.07) is 7.64. The van der Waals surface area contributed by atoms with Gasteiger partial charge in [-0.2, -0.15) is 0 Å². The number of hydrogen-bond donors (Lipinski definition) is 1. The number of amides is 1. The minimum atomic E-state index is 0.181. The van der Waals surface area contributed by atoms with Crippen molar-refractivity contribution in [2.75, 3.05) is 39.9 Å². The summed E-state index contributed by atoms with van der Waals surface area (Å²) < 4.78 is 10.9. The standard InChI is InChI=1S/C18H28N2O3/c1-3-10-19-18(21)15-8-11-20(12-9-15)13-14-23-17-6-4-16(22-2)5-7-17/h4-7,15H,3,8-14H2,1-2H3,(H,19,21). The summed E-state index contributed by atoms with van der Waals surface area (Å²) >= 11 is 0. The van der Waals surface area contributed by atoms with Gasteiger partial charge in [-0.15, -0.1) is 0 Å². The average Bonchev–Trinajstić information content (AvgIpc) is 2.61. The molecule has 0 spiro atoms. The van der Waals surface area contributed by atoms with Crippen molar-refractivity contribution in [3.05, 3.63) is 24.3 Å². The maximum absolute atomic E-state index is 12.0. The molecule has 1 aromatic carbocycles. The first kappa shape index (κ1) is 17.6. The number of carbonyl (C=O) groups excluding carboxylic acids is 1. The van der Waals surface area contributed by atoms with Crippen LogP contribution in [0.4, 0.5) is 0 Å². The van der Waals surface area contributed by atoms with Gasteiger partial charge in [0, 0.05) is 19.0 Å². The highest BCUT2D eigenvalue weighted by atomic mass is 16.5. The summed E-state index contributed by atoms with van der Waals surface area (Å²) in [5.41, 5.74) is 0. The van der Waals surface area contributed by atoms with Crippen LogP contribution in [0.15, 0.2) is 24.3 Å². The molecular weight excluding hydrogens is 292 g/mol. The number of carbonyl (C=O) groups is 1. The first-order valence-electron chi connectivity index (χ1n) is 8.50. The van der Waals surface area contributed by atoms with E-state index in [0.717, 1.165) is 56.9 Å². The van der Waals surface area contributed by atoms with Gasteiger partial charge in [-0.3, -0.25) is 9.69 Å². The Kier molecular flexibility index (Phi) is 7.20. The van der Waals surface area contributed by atoms with Crippen LogP contribution in [0.3, 0.4) is 0 Å². The van der Waals surface area contributed by atoms with Crippen LogP contribution in [0.2, 0.25) is 0 Å². The smallest absolute Gasteiger partial charge is 0.223 e. The van der Waals surface area contributed by atoms with Crippen molar-refractivity contribution < 1.29 is 14.3 Å². The Hall–Kier alpha value is -1.75. The minimum Gasteiger partial charge on any atom is -0.497 e. The average molecular weight is 320 g/mol. The van der Waals surface area contributed by atoms with E-state index in [4.69, 9.17) is 9.47 Å². The highest BCUT2D eigenvalue weighted by Gasteiger charge is 2.24. The number of piperidine rings is 1. The molecule has 0 atom stereocenters.